The molecule has 0 heterocycles. The van der Waals surface area contributed by atoms with Crippen molar-refractivity contribution in [3.05, 3.63) is 29.8 Å². The number of Topliss-reactive ketones (excluding diaryl/α,β-unsaturated/α-hetero) is 1. The van der Waals surface area contributed by atoms with Crippen molar-refractivity contribution in [1.82, 2.24) is 0 Å². The Morgan fingerprint density at radius 1 is 1.27 bits per heavy atom. The van der Waals surface area contributed by atoms with E-state index in [1.165, 1.54) is 0 Å². The van der Waals surface area contributed by atoms with E-state index < -0.39 is 0 Å². The molecule has 0 amide bonds. The fourth-order valence-corrected chi connectivity index (χ4v) is 2.15. The van der Waals surface area contributed by atoms with Crippen molar-refractivity contribution < 1.29 is 9.53 Å². The van der Waals surface area contributed by atoms with E-state index >= 15 is 0 Å². The summed E-state index contributed by atoms with van der Waals surface area (Å²) in [5.74, 6) is 0.917. The third-order valence-electron chi connectivity index (χ3n) is 2.08. The van der Waals surface area contributed by atoms with Gasteiger partial charge in [0, 0.05) is 0 Å². The standard InChI is InChI=1S/C11H12Br2O2/c1-7(14)10(12)11(13)8-3-5-9(15-2)6-4-8/h3-6,10-11H,1-2H3. The second-order valence-electron chi connectivity index (χ2n) is 3.19. The maximum absolute atomic E-state index is 11.2. The minimum Gasteiger partial charge on any atom is -0.497 e. The molecule has 0 bridgehead atoms. The summed E-state index contributed by atoms with van der Waals surface area (Å²) in [5.41, 5.74) is 1.05. The largest absolute Gasteiger partial charge is 0.497 e. The Kier molecular flexibility index (Phi) is 4.80. The van der Waals surface area contributed by atoms with E-state index in [2.05, 4.69) is 31.9 Å². The van der Waals surface area contributed by atoms with Crippen LogP contribution in [0.4, 0.5) is 0 Å². The first-order valence-electron chi connectivity index (χ1n) is 4.48. The predicted octanol–water partition coefficient (Wildman–Crippen LogP) is 3.48. The molecule has 0 radical (unpaired) electrons. The fourth-order valence-electron chi connectivity index (χ4n) is 1.16. The number of rotatable bonds is 4. The summed E-state index contributed by atoms with van der Waals surface area (Å²) in [5, 5.41) is 0. The van der Waals surface area contributed by atoms with Crippen LogP contribution in [0.3, 0.4) is 0 Å². The molecule has 1 aromatic rings. The van der Waals surface area contributed by atoms with Crippen LogP contribution in [-0.4, -0.2) is 17.7 Å². The molecule has 0 aromatic heterocycles. The van der Waals surface area contributed by atoms with Gasteiger partial charge in [-0.25, -0.2) is 0 Å². The Morgan fingerprint density at radius 2 is 1.80 bits per heavy atom. The topological polar surface area (TPSA) is 26.3 Å². The normalized spacial score (nSPS) is 14.4. The SMILES string of the molecule is COc1ccc(C(Br)C(Br)C(C)=O)cc1. The van der Waals surface area contributed by atoms with Crippen molar-refractivity contribution in [3.8, 4) is 5.75 Å². The molecule has 1 rings (SSSR count). The Labute approximate surface area is 106 Å². The number of ketones is 1. The van der Waals surface area contributed by atoms with Crippen LogP contribution in [0.2, 0.25) is 0 Å². The number of carbonyl (C=O) groups is 1. The van der Waals surface area contributed by atoms with E-state index in [9.17, 15) is 4.79 Å². The number of hydrogen-bond donors (Lipinski definition) is 0. The molecule has 15 heavy (non-hydrogen) atoms. The molecular formula is C11H12Br2O2. The first-order chi connectivity index (χ1) is 7.06. The summed E-state index contributed by atoms with van der Waals surface area (Å²) in [6.07, 6.45) is 0. The third-order valence-corrected chi connectivity index (χ3v) is 5.02. The lowest BCUT2D eigenvalue weighted by molar-refractivity contribution is -0.116. The van der Waals surface area contributed by atoms with Gasteiger partial charge in [-0.2, -0.15) is 0 Å². The quantitative estimate of drug-likeness (QED) is 0.787. The molecule has 2 atom stereocenters. The third kappa shape index (κ3) is 3.31. The molecule has 0 aliphatic carbocycles. The van der Waals surface area contributed by atoms with Crippen LogP contribution in [0.1, 0.15) is 17.3 Å². The van der Waals surface area contributed by atoms with Crippen LogP contribution in [-0.2, 0) is 4.79 Å². The van der Waals surface area contributed by atoms with Gasteiger partial charge in [0.1, 0.15) is 11.5 Å². The molecule has 2 nitrogen and oxygen atoms in total. The molecule has 0 N–H and O–H groups in total. The van der Waals surface area contributed by atoms with Gasteiger partial charge in [-0.1, -0.05) is 44.0 Å². The smallest absolute Gasteiger partial charge is 0.144 e. The lowest BCUT2D eigenvalue weighted by atomic mass is 10.1. The van der Waals surface area contributed by atoms with Crippen molar-refractivity contribution >= 4 is 37.6 Å². The highest BCUT2D eigenvalue weighted by Crippen LogP contribution is 2.32. The number of benzene rings is 1. The number of alkyl halides is 2. The lowest BCUT2D eigenvalue weighted by Crippen LogP contribution is -2.15. The van der Waals surface area contributed by atoms with Gasteiger partial charge < -0.3 is 4.74 Å². The van der Waals surface area contributed by atoms with E-state index in [1.807, 2.05) is 24.3 Å². The molecule has 1 aromatic carbocycles. The minimum atomic E-state index is -0.203. The Hall–Kier alpha value is -0.350. The molecule has 0 saturated carbocycles. The monoisotopic (exact) mass is 334 g/mol. The number of ether oxygens (including phenoxy) is 1. The Bertz CT molecular complexity index is 335. The van der Waals surface area contributed by atoms with Crippen molar-refractivity contribution in [1.29, 1.82) is 0 Å². The van der Waals surface area contributed by atoms with Gasteiger partial charge in [-0.3, -0.25) is 4.79 Å². The van der Waals surface area contributed by atoms with Crippen molar-refractivity contribution in [2.75, 3.05) is 7.11 Å². The van der Waals surface area contributed by atoms with Crippen molar-refractivity contribution in [3.63, 3.8) is 0 Å². The first kappa shape index (κ1) is 12.7. The van der Waals surface area contributed by atoms with Crippen molar-refractivity contribution in [2.45, 2.75) is 16.6 Å². The van der Waals surface area contributed by atoms with Gasteiger partial charge in [-0.15, -0.1) is 0 Å². The molecule has 0 aliphatic heterocycles. The minimum absolute atomic E-state index is 0.0130. The van der Waals surface area contributed by atoms with E-state index in [4.69, 9.17) is 4.74 Å². The molecule has 0 spiro atoms. The summed E-state index contributed by atoms with van der Waals surface area (Å²) in [6.45, 7) is 1.57. The van der Waals surface area contributed by atoms with Crippen LogP contribution in [0.5, 0.6) is 5.75 Å². The number of hydrogen-bond acceptors (Lipinski definition) is 2. The zero-order valence-electron chi connectivity index (χ0n) is 8.54. The molecule has 0 fully saturated rings. The van der Waals surface area contributed by atoms with Gasteiger partial charge in [0.15, 0.2) is 0 Å². The highest BCUT2D eigenvalue weighted by atomic mass is 79.9. The highest BCUT2D eigenvalue weighted by Gasteiger charge is 2.21. The molecule has 0 saturated heterocycles. The summed E-state index contributed by atoms with van der Waals surface area (Å²) < 4.78 is 5.06. The summed E-state index contributed by atoms with van der Waals surface area (Å²) in [7, 11) is 1.63. The summed E-state index contributed by atoms with van der Waals surface area (Å²) in [6, 6.07) is 7.64. The number of methoxy groups -OCH3 is 1. The number of halogens is 2. The number of carbonyl (C=O) groups excluding carboxylic acids is 1. The zero-order valence-corrected chi connectivity index (χ0v) is 11.7. The average molecular weight is 336 g/mol. The van der Waals surface area contributed by atoms with E-state index in [1.54, 1.807) is 14.0 Å². The van der Waals surface area contributed by atoms with Crippen LogP contribution >= 0.6 is 31.9 Å². The van der Waals surface area contributed by atoms with Gasteiger partial charge in [-0.05, 0) is 24.6 Å². The second kappa shape index (κ2) is 5.66. The van der Waals surface area contributed by atoms with E-state index in [0.717, 1.165) is 11.3 Å². The summed E-state index contributed by atoms with van der Waals surface area (Å²) in [4.78, 5) is 11.0. The maximum atomic E-state index is 11.2. The van der Waals surface area contributed by atoms with Gasteiger partial charge >= 0.3 is 0 Å². The highest BCUT2D eigenvalue weighted by molar-refractivity contribution is 9.12. The van der Waals surface area contributed by atoms with Crippen LogP contribution in [0, 0.1) is 0 Å². The fraction of sp³-hybridized carbons (Fsp3) is 0.364. The molecule has 82 valence electrons. The lowest BCUT2D eigenvalue weighted by Gasteiger charge is -2.14. The van der Waals surface area contributed by atoms with Crippen LogP contribution < -0.4 is 4.74 Å². The predicted molar refractivity (Wildman–Crippen MR) is 68.1 cm³/mol. The van der Waals surface area contributed by atoms with Gasteiger partial charge in [0.05, 0.1) is 16.8 Å². The molecule has 0 aliphatic rings. The molecule has 2 unspecified atom stereocenters. The molecule has 4 heteroatoms. The van der Waals surface area contributed by atoms with Gasteiger partial charge in [0.25, 0.3) is 0 Å². The van der Waals surface area contributed by atoms with Crippen LogP contribution in [0.25, 0.3) is 0 Å². The van der Waals surface area contributed by atoms with Crippen molar-refractivity contribution in [2.24, 2.45) is 0 Å². The molecular weight excluding hydrogens is 324 g/mol. The van der Waals surface area contributed by atoms with Crippen LogP contribution in [0.15, 0.2) is 24.3 Å². The average Bonchev–Trinajstić information content (AvgIpc) is 2.27. The Balaban J connectivity index is 2.82. The van der Waals surface area contributed by atoms with E-state index in [-0.39, 0.29) is 15.4 Å². The first-order valence-corrected chi connectivity index (χ1v) is 6.32. The zero-order chi connectivity index (χ0) is 11.4. The van der Waals surface area contributed by atoms with Gasteiger partial charge in [0.2, 0.25) is 0 Å². The maximum Gasteiger partial charge on any atom is 0.144 e. The Morgan fingerprint density at radius 3 is 2.20 bits per heavy atom. The van der Waals surface area contributed by atoms with E-state index in [0.29, 0.717) is 0 Å². The summed E-state index contributed by atoms with van der Waals surface area (Å²) >= 11 is 6.84. The second-order valence-corrected chi connectivity index (χ2v) is 5.16.